The Morgan fingerprint density at radius 3 is 2.07 bits per heavy atom. The van der Waals surface area contributed by atoms with Gasteiger partial charge >= 0.3 is 11.9 Å². The lowest BCUT2D eigenvalue weighted by Crippen LogP contribution is -2.43. The first kappa shape index (κ1) is 20.3. The van der Waals surface area contributed by atoms with Gasteiger partial charge in [-0.15, -0.1) is 0 Å². The molecule has 0 unspecified atom stereocenters. The maximum atomic E-state index is 13.2. The summed E-state index contributed by atoms with van der Waals surface area (Å²) in [6, 6.07) is 15.8. The summed E-state index contributed by atoms with van der Waals surface area (Å²) in [4.78, 5) is 36.8. The van der Waals surface area contributed by atoms with Gasteiger partial charge in [0.05, 0.1) is 18.1 Å². The molecule has 0 spiro atoms. The topological polar surface area (TPSA) is 92.7 Å². The average molecular weight is 393 g/mol. The first-order valence-corrected chi connectivity index (χ1v) is 9.53. The van der Waals surface area contributed by atoms with Crippen molar-refractivity contribution >= 4 is 39.4 Å². The molecular formula is C23H23NO5. The van der Waals surface area contributed by atoms with Gasteiger partial charge < -0.3 is 15.2 Å². The van der Waals surface area contributed by atoms with Crippen LogP contribution in [0.3, 0.4) is 0 Å². The third-order valence-electron chi connectivity index (χ3n) is 4.88. The predicted octanol–water partition coefficient (Wildman–Crippen LogP) is 3.77. The molecule has 0 aliphatic carbocycles. The van der Waals surface area contributed by atoms with E-state index in [1.54, 1.807) is 13.8 Å². The minimum absolute atomic E-state index is 0.0530. The number of fused-ring (bicyclic) bond motifs is 2. The summed E-state index contributed by atoms with van der Waals surface area (Å²) < 4.78 is 4.94. The van der Waals surface area contributed by atoms with Crippen molar-refractivity contribution in [3.8, 4) is 0 Å². The number of nitrogens with one attached hydrogen (secondary N) is 1. The smallest absolute Gasteiger partial charge is 0.326 e. The van der Waals surface area contributed by atoms with Crippen molar-refractivity contribution in [2.24, 2.45) is 5.92 Å². The Balaban J connectivity index is 1.97. The lowest BCUT2D eigenvalue weighted by molar-refractivity contribution is -0.148. The van der Waals surface area contributed by atoms with Crippen molar-refractivity contribution in [1.29, 1.82) is 0 Å². The van der Waals surface area contributed by atoms with Crippen molar-refractivity contribution < 1.29 is 24.2 Å². The number of hydrogen-bond donors (Lipinski definition) is 2. The zero-order valence-corrected chi connectivity index (χ0v) is 16.3. The number of ether oxygens (including phenoxy) is 1. The van der Waals surface area contributed by atoms with E-state index in [-0.39, 0.29) is 13.0 Å². The third kappa shape index (κ3) is 4.37. The van der Waals surface area contributed by atoms with Gasteiger partial charge in [-0.2, -0.15) is 0 Å². The van der Waals surface area contributed by atoms with Crippen molar-refractivity contribution in [3.05, 3.63) is 60.2 Å². The van der Waals surface area contributed by atoms with Crippen LogP contribution in [-0.2, 0) is 14.3 Å². The van der Waals surface area contributed by atoms with Crippen molar-refractivity contribution in [2.75, 3.05) is 6.61 Å². The fourth-order valence-corrected chi connectivity index (χ4v) is 3.44. The van der Waals surface area contributed by atoms with Crippen molar-refractivity contribution in [3.63, 3.8) is 0 Å². The lowest BCUT2D eigenvalue weighted by Gasteiger charge is -2.19. The highest BCUT2D eigenvalue weighted by Gasteiger charge is 2.28. The second kappa shape index (κ2) is 8.73. The van der Waals surface area contributed by atoms with Crippen LogP contribution in [0, 0.1) is 5.92 Å². The molecule has 6 nitrogen and oxygen atoms in total. The molecule has 3 rings (SSSR count). The van der Waals surface area contributed by atoms with E-state index < -0.39 is 29.8 Å². The molecule has 0 radical (unpaired) electrons. The number of carbonyl (C=O) groups is 3. The summed E-state index contributed by atoms with van der Waals surface area (Å²) in [5, 5.41) is 15.5. The van der Waals surface area contributed by atoms with E-state index in [0.29, 0.717) is 5.56 Å². The fraction of sp³-hybridized carbons (Fsp3) is 0.261. The van der Waals surface area contributed by atoms with Gasteiger partial charge in [0, 0.05) is 0 Å². The van der Waals surface area contributed by atoms with Gasteiger partial charge in [0.2, 0.25) is 0 Å². The Morgan fingerprint density at radius 1 is 1.00 bits per heavy atom. The Morgan fingerprint density at radius 2 is 1.55 bits per heavy atom. The van der Waals surface area contributed by atoms with E-state index in [2.05, 4.69) is 5.32 Å². The molecule has 3 aromatic carbocycles. The first-order valence-electron chi connectivity index (χ1n) is 9.53. The quantitative estimate of drug-likeness (QED) is 0.471. The molecule has 0 bridgehead atoms. The van der Waals surface area contributed by atoms with E-state index in [9.17, 15) is 19.5 Å². The highest BCUT2D eigenvalue weighted by molar-refractivity contribution is 6.18. The molecule has 1 amide bonds. The molecule has 3 aromatic rings. The molecule has 0 aromatic heterocycles. The monoisotopic (exact) mass is 393 g/mol. The summed E-state index contributed by atoms with van der Waals surface area (Å²) in [7, 11) is 0. The van der Waals surface area contributed by atoms with Gasteiger partial charge in [-0.3, -0.25) is 9.59 Å². The van der Waals surface area contributed by atoms with E-state index in [0.717, 1.165) is 21.5 Å². The van der Waals surface area contributed by atoms with Crippen LogP contribution >= 0.6 is 0 Å². The summed E-state index contributed by atoms with van der Waals surface area (Å²) in [6.45, 7) is 3.50. The number of benzene rings is 3. The van der Waals surface area contributed by atoms with Gasteiger partial charge in [-0.1, -0.05) is 55.5 Å². The molecule has 2 N–H and O–H groups in total. The molecule has 150 valence electrons. The van der Waals surface area contributed by atoms with Gasteiger partial charge in [-0.25, -0.2) is 4.79 Å². The number of aliphatic carboxylic acids is 1. The molecular weight excluding hydrogens is 370 g/mol. The van der Waals surface area contributed by atoms with Crippen LogP contribution in [0.5, 0.6) is 0 Å². The SMILES string of the molecule is CCOC(=O)[C@H](C)C[C@H](NC(=O)c1c2ccccc2cc2ccccc12)C(=O)O. The number of carbonyl (C=O) groups excluding carboxylic acids is 2. The Labute approximate surface area is 168 Å². The minimum Gasteiger partial charge on any atom is -0.480 e. The van der Waals surface area contributed by atoms with Crippen LogP contribution in [0.1, 0.15) is 30.6 Å². The van der Waals surface area contributed by atoms with Gasteiger partial charge in [0.15, 0.2) is 0 Å². The number of esters is 1. The molecule has 0 saturated heterocycles. The first-order chi connectivity index (χ1) is 13.9. The molecule has 0 fully saturated rings. The van der Waals surface area contributed by atoms with Gasteiger partial charge in [-0.05, 0) is 41.0 Å². The summed E-state index contributed by atoms with van der Waals surface area (Å²) in [6.07, 6.45) is -0.0530. The number of carboxylic acids is 1. The molecule has 0 aliphatic heterocycles. The molecule has 0 heterocycles. The number of hydrogen-bond acceptors (Lipinski definition) is 4. The zero-order chi connectivity index (χ0) is 21.0. The number of carboxylic acid groups (broad SMARTS) is 1. The summed E-state index contributed by atoms with van der Waals surface area (Å²) >= 11 is 0. The maximum Gasteiger partial charge on any atom is 0.326 e. The second-order valence-electron chi connectivity index (χ2n) is 6.95. The van der Waals surface area contributed by atoms with Crippen LogP contribution in [0.25, 0.3) is 21.5 Å². The normalized spacial score (nSPS) is 13.0. The average Bonchev–Trinajstić information content (AvgIpc) is 2.71. The van der Waals surface area contributed by atoms with E-state index >= 15 is 0 Å². The van der Waals surface area contributed by atoms with Crippen molar-refractivity contribution in [2.45, 2.75) is 26.3 Å². The van der Waals surface area contributed by atoms with Crippen LogP contribution in [0.4, 0.5) is 0 Å². The fourth-order valence-electron chi connectivity index (χ4n) is 3.44. The Bertz CT molecular complexity index is 1020. The highest BCUT2D eigenvalue weighted by atomic mass is 16.5. The van der Waals surface area contributed by atoms with E-state index in [1.165, 1.54) is 0 Å². The number of rotatable bonds is 7. The molecule has 29 heavy (non-hydrogen) atoms. The molecule has 2 atom stereocenters. The largest absolute Gasteiger partial charge is 0.480 e. The second-order valence-corrected chi connectivity index (χ2v) is 6.95. The molecule has 0 aliphatic rings. The van der Waals surface area contributed by atoms with E-state index in [1.807, 2.05) is 54.6 Å². The molecule has 6 heteroatoms. The third-order valence-corrected chi connectivity index (χ3v) is 4.88. The van der Waals surface area contributed by atoms with Gasteiger partial charge in [0.1, 0.15) is 6.04 Å². The van der Waals surface area contributed by atoms with Gasteiger partial charge in [0.25, 0.3) is 5.91 Å². The highest BCUT2D eigenvalue weighted by Crippen LogP contribution is 2.28. The summed E-state index contributed by atoms with van der Waals surface area (Å²) in [5.74, 6) is -2.82. The van der Waals surface area contributed by atoms with Crippen LogP contribution in [0.2, 0.25) is 0 Å². The van der Waals surface area contributed by atoms with Crippen molar-refractivity contribution in [1.82, 2.24) is 5.32 Å². The summed E-state index contributed by atoms with van der Waals surface area (Å²) in [5.41, 5.74) is 0.425. The Kier molecular flexibility index (Phi) is 6.12. The lowest BCUT2D eigenvalue weighted by atomic mass is 9.95. The van der Waals surface area contributed by atoms with E-state index in [4.69, 9.17) is 4.74 Å². The Hall–Kier alpha value is -3.41. The van der Waals surface area contributed by atoms with Crippen LogP contribution < -0.4 is 5.32 Å². The van der Waals surface area contributed by atoms with Crippen LogP contribution in [-0.4, -0.2) is 35.6 Å². The zero-order valence-electron chi connectivity index (χ0n) is 16.3. The molecule has 0 saturated carbocycles. The maximum absolute atomic E-state index is 13.2. The van der Waals surface area contributed by atoms with Crippen LogP contribution in [0.15, 0.2) is 54.6 Å². The standard InChI is InChI=1S/C23H23NO5/c1-3-29-23(28)14(2)12-19(22(26)27)24-21(25)20-17-10-6-4-8-15(17)13-16-9-5-7-11-18(16)20/h4-11,13-14,19H,3,12H2,1-2H3,(H,24,25)(H,26,27)/t14-,19+/m1/s1. The minimum atomic E-state index is -1.21. The number of amides is 1. The predicted molar refractivity (Wildman–Crippen MR) is 111 cm³/mol.